The quantitative estimate of drug-likeness (QED) is 0.809. The molecule has 0 spiro atoms. The first-order valence-electron chi connectivity index (χ1n) is 5.62. The maximum absolute atomic E-state index is 11.4. The van der Waals surface area contributed by atoms with Crippen LogP contribution in [-0.4, -0.2) is 13.0 Å². The van der Waals surface area contributed by atoms with Crippen LogP contribution in [0.5, 0.6) is 0 Å². The van der Waals surface area contributed by atoms with E-state index < -0.39 is 9.05 Å². The average molecular weight is 284 g/mol. The van der Waals surface area contributed by atoms with Crippen molar-refractivity contribution in [3.8, 4) is 5.69 Å². The van der Waals surface area contributed by atoms with Gasteiger partial charge < -0.3 is 4.57 Å². The van der Waals surface area contributed by atoms with E-state index in [2.05, 4.69) is 13.8 Å². The van der Waals surface area contributed by atoms with Crippen molar-refractivity contribution in [1.29, 1.82) is 0 Å². The van der Waals surface area contributed by atoms with Gasteiger partial charge in [0.05, 0.1) is 0 Å². The Morgan fingerprint density at radius 1 is 1.11 bits per heavy atom. The Labute approximate surface area is 111 Å². The second-order valence-electron chi connectivity index (χ2n) is 4.40. The van der Waals surface area contributed by atoms with Crippen LogP contribution in [-0.2, 0) is 9.05 Å². The summed E-state index contributed by atoms with van der Waals surface area (Å²) in [5.74, 6) is 0.444. The molecule has 1 aromatic carbocycles. The van der Waals surface area contributed by atoms with Gasteiger partial charge >= 0.3 is 0 Å². The highest BCUT2D eigenvalue weighted by molar-refractivity contribution is 8.13. The van der Waals surface area contributed by atoms with Crippen molar-refractivity contribution in [2.24, 2.45) is 0 Å². The van der Waals surface area contributed by atoms with Crippen LogP contribution in [0.15, 0.2) is 47.6 Å². The van der Waals surface area contributed by atoms with Crippen molar-refractivity contribution in [3.05, 3.63) is 48.2 Å². The fraction of sp³-hybridized carbons (Fsp3) is 0.231. The lowest BCUT2D eigenvalue weighted by Crippen LogP contribution is -2.02. The molecule has 0 aliphatic rings. The SMILES string of the molecule is CC(C)c1ccc(-n2cccc2S(=O)(=O)Cl)cc1. The highest BCUT2D eigenvalue weighted by Gasteiger charge is 2.15. The number of nitrogens with zero attached hydrogens (tertiary/aromatic N) is 1. The largest absolute Gasteiger partial charge is 0.307 e. The van der Waals surface area contributed by atoms with Crippen molar-refractivity contribution < 1.29 is 8.42 Å². The van der Waals surface area contributed by atoms with Crippen molar-refractivity contribution in [2.75, 3.05) is 0 Å². The van der Waals surface area contributed by atoms with E-state index in [0.29, 0.717) is 5.92 Å². The fourth-order valence-electron chi connectivity index (χ4n) is 1.80. The highest BCUT2D eigenvalue weighted by atomic mass is 35.7. The summed E-state index contributed by atoms with van der Waals surface area (Å²) in [6, 6.07) is 10.9. The highest BCUT2D eigenvalue weighted by Crippen LogP contribution is 2.22. The second-order valence-corrected chi connectivity index (χ2v) is 6.91. The van der Waals surface area contributed by atoms with Gasteiger partial charge in [0, 0.05) is 22.6 Å². The molecule has 1 heterocycles. The number of benzene rings is 1. The number of hydrogen-bond acceptors (Lipinski definition) is 2. The Morgan fingerprint density at radius 2 is 1.72 bits per heavy atom. The molecule has 2 rings (SSSR count). The van der Waals surface area contributed by atoms with E-state index in [1.54, 1.807) is 16.8 Å². The van der Waals surface area contributed by atoms with Crippen LogP contribution < -0.4 is 0 Å². The summed E-state index contributed by atoms with van der Waals surface area (Å²) in [6.07, 6.45) is 1.68. The van der Waals surface area contributed by atoms with Gasteiger partial charge in [-0.2, -0.15) is 0 Å². The predicted molar refractivity (Wildman–Crippen MR) is 72.9 cm³/mol. The number of aromatic nitrogens is 1. The molecule has 96 valence electrons. The van der Waals surface area contributed by atoms with Gasteiger partial charge in [-0.3, -0.25) is 0 Å². The minimum atomic E-state index is -3.73. The molecular weight excluding hydrogens is 270 g/mol. The number of halogens is 1. The minimum Gasteiger partial charge on any atom is -0.307 e. The summed E-state index contributed by atoms with van der Waals surface area (Å²) >= 11 is 0. The molecular formula is C13H14ClNO2S. The molecule has 0 N–H and O–H groups in total. The van der Waals surface area contributed by atoms with Crippen LogP contribution in [0, 0.1) is 0 Å². The summed E-state index contributed by atoms with van der Waals surface area (Å²) < 4.78 is 24.4. The molecule has 0 unspecified atom stereocenters. The van der Waals surface area contributed by atoms with E-state index in [0.717, 1.165) is 5.69 Å². The van der Waals surface area contributed by atoms with Crippen LogP contribution in [0.2, 0.25) is 0 Å². The number of rotatable bonds is 3. The first-order valence-corrected chi connectivity index (χ1v) is 7.93. The van der Waals surface area contributed by atoms with Crippen LogP contribution in [0.25, 0.3) is 5.69 Å². The zero-order valence-corrected chi connectivity index (χ0v) is 11.7. The fourth-order valence-corrected chi connectivity index (χ4v) is 2.82. The van der Waals surface area contributed by atoms with Crippen LogP contribution in [0.3, 0.4) is 0 Å². The smallest absolute Gasteiger partial charge is 0.277 e. The van der Waals surface area contributed by atoms with Crippen molar-refractivity contribution in [3.63, 3.8) is 0 Å². The van der Waals surface area contributed by atoms with E-state index in [1.807, 2.05) is 24.3 Å². The van der Waals surface area contributed by atoms with Crippen LogP contribution in [0.4, 0.5) is 0 Å². The lowest BCUT2D eigenvalue weighted by molar-refractivity contribution is 0.603. The van der Waals surface area contributed by atoms with E-state index in [1.165, 1.54) is 11.6 Å². The summed E-state index contributed by atoms with van der Waals surface area (Å²) in [6.45, 7) is 4.22. The molecule has 0 amide bonds. The van der Waals surface area contributed by atoms with Gasteiger partial charge in [0.15, 0.2) is 5.03 Å². The Balaban J connectivity index is 2.47. The van der Waals surface area contributed by atoms with Gasteiger partial charge in [-0.15, -0.1) is 0 Å². The van der Waals surface area contributed by atoms with E-state index in [-0.39, 0.29) is 5.03 Å². The maximum Gasteiger partial charge on any atom is 0.277 e. The predicted octanol–water partition coefficient (Wildman–Crippen LogP) is 3.53. The van der Waals surface area contributed by atoms with Gasteiger partial charge in [-0.05, 0) is 35.7 Å². The van der Waals surface area contributed by atoms with Crippen LogP contribution >= 0.6 is 10.7 Å². The van der Waals surface area contributed by atoms with Crippen molar-refractivity contribution in [1.82, 2.24) is 4.57 Å². The van der Waals surface area contributed by atoms with Gasteiger partial charge in [-0.1, -0.05) is 26.0 Å². The third kappa shape index (κ3) is 2.60. The molecule has 5 heteroatoms. The topological polar surface area (TPSA) is 39.1 Å². The molecule has 3 nitrogen and oxygen atoms in total. The monoisotopic (exact) mass is 283 g/mol. The zero-order valence-electron chi connectivity index (χ0n) is 10.2. The van der Waals surface area contributed by atoms with Gasteiger partial charge in [0.25, 0.3) is 9.05 Å². The number of hydrogen-bond donors (Lipinski definition) is 0. The lowest BCUT2D eigenvalue weighted by atomic mass is 10.0. The summed E-state index contributed by atoms with van der Waals surface area (Å²) in [7, 11) is 1.66. The molecule has 0 atom stereocenters. The molecule has 0 fully saturated rings. The molecule has 0 radical (unpaired) electrons. The first kappa shape index (κ1) is 13.2. The third-order valence-electron chi connectivity index (χ3n) is 2.80. The van der Waals surface area contributed by atoms with E-state index in [9.17, 15) is 8.42 Å². The zero-order chi connectivity index (χ0) is 13.3. The molecule has 0 aliphatic carbocycles. The summed E-state index contributed by atoms with van der Waals surface area (Å²) in [4.78, 5) is 0. The molecule has 18 heavy (non-hydrogen) atoms. The van der Waals surface area contributed by atoms with Crippen LogP contribution in [0.1, 0.15) is 25.3 Å². The normalized spacial score (nSPS) is 12.0. The Hall–Kier alpha value is -1.26. The third-order valence-corrected chi connectivity index (χ3v) is 4.11. The average Bonchev–Trinajstić information content (AvgIpc) is 2.77. The Kier molecular flexibility index (Phi) is 3.50. The van der Waals surface area contributed by atoms with Gasteiger partial charge in [0.2, 0.25) is 0 Å². The standard InChI is InChI=1S/C13H14ClNO2S/c1-10(2)11-5-7-12(8-6-11)15-9-3-4-13(15)18(14,16)17/h3-10H,1-2H3. The first-order chi connectivity index (χ1) is 8.39. The van der Waals surface area contributed by atoms with Crippen molar-refractivity contribution >= 4 is 19.7 Å². The lowest BCUT2D eigenvalue weighted by Gasteiger charge is -2.09. The van der Waals surface area contributed by atoms with E-state index in [4.69, 9.17) is 10.7 Å². The van der Waals surface area contributed by atoms with Gasteiger partial charge in [0.1, 0.15) is 0 Å². The molecule has 2 aromatic rings. The van der Waals surface area contributed by atoms with Gasteiger partial charge in [-0.25, -0.2) is 8.42 Å². The molecule has 0 bridgehead atoms. The van der Waals surface area contributed by atoms with Crippen molar-refractivity contribution in [2.45, 2.75) is 24.8 Å². The molecule has 1 aromatic heterocycles. The molecule has 0 saturated heterocycles. The Morgan fingerprint density at radius 3 is 2.22 bits per heavy atom. The Bertz CT molecular complexity index is 642. The summed E-state index contributed by atoms with van der Waals surface area (Å²) in [5, 5.41) is 0.0847. The maximum atomic E-state index is 11.4. The molecule has 0 aliphatic heterocycles. The summed E-state index contributed by atoms with van der Waals surface area (Å²) in [5.41, 5.74) is 1.99. The minimum absolute atomic E-state index is 0.0847. The van der Waals surface area contributed by atoms with E-state index >= 15 is 0 Å². The molecule has 0 saturated carbocycles. The second kappa shape index (κ2) is 4.78.